The molecule has 3 aromatic heterocycles. The van der Waals surface area contributed by atoms with E-state index < -0.39 is 0 Å². The van der Waals surface area contributed by atoms with Crippen molar-refractivity contribution in [3.63, 3.8) is 0 Å². The van der Waals surface area contributed by atoms with Gasteiger partial charge in [0, 0.05) is 6.54 Å². The van der Waals surface area contributed by atoms with E-state index in [1.807, 2.05) is 59.2 Å². The van der Waals surface area contributed by atoms with E-state index in [9.17, 15) is 9.59 Å². The van der Waals surface area contributed by atoms with Crippen LogP contribution < -0.4 is 10.9 Å². The first kappa shape index (κ1) is 15.6. The number of carbonyl (C=O) groups excluding carboxylic acids is 1. The number of fused-ring (bicyclic) bond motifs is 3. The van der Waals surface area contributed by atoms with Crippen molar-refractivity contribution in [1.29, 1.82) is 0 Å². The van der Waals surface area contributed by atoms with Crippen molar-refractivity contribution >= 4 is 33.0 Å². The fourth-order valence-corrected chi connectivity index (χ4v) is 3.73. The summed E-state index contributed by atoms with van der Waals surface area (Å²) in [6.07, 6.45) is 0. The van der Waals surface area contributed by atoms with Crippen LogP contribution in [0.15, 0.2) is 52.6 Å². The van der Waals surface area contributed by atoms with Gasteiger partial charge in [0.2, 0.25) is 5.91 Å². The summed E-state index contributed by atoms with van der Waals surface area (Å²) in [6.45, 7) is 2.17. The van der Waals surface area contributed by atoms with E-state index in [2.05, 4.69) is 10.4 Å². The standard InChI is InChI=1S/C18H16N4O2S/c1-12-20-21(11-17(23)19-10-13-5-3-2-4-6-13)18(24)15-9-16-14(22(12)15)7-8-25-16/h2-9H,10-11H2,1H3,(H,19,23). The van der Waals surface area contributed by atoms with E-state index >= 15 is 0 Å². The Kier molecular flexibility index (Phi) is 3.85. The highest BCUT2D eigenvalue weighted by molar-refractivity contribution is 7.17. The van der Waals surface area contributed by atoms with E-state index in [1.54, 1.807) is 11.3 Å². The van der Waals surface area contributed by atoms with Gasteiger partial charge >= 0.3 is 0 Å². The van der Waals surface area contributed by atoms with Gasteiger partial charge in [-0.3, -0.25) is 14.0 Å². The summed E-state index contributed by atoms with van der Waals surface area (Å²) >= 11 is 1.58. The monoisotopic (exact) mass is 352 g/mol. The molecule has 0 bridgehead atoms. The first-order chi connectivity index (χ1) is 12.1. The van der Waals surface area contributed by atoms with Gasteiger partial charge in [0.15, 0.2) is 0 Å². The first-order valence-electron chi connectivity index (χ1n) is 7.90. The number of hydrogen-bond acceptors (Lipinski definition) is 4. The highest BCUT2D eigenvalue weighted by Crippen LogP contribution is 2.24. The number of rotatable bonds is 4. The average molecular weight is 352 g/mol. The molecule has 0 radical (unpaired) electrons. The Morgan fingerprint density at radius 3 is 2.80 bits per heavy atom. The molecule has 25 heavy (non-hydrogen) atoms. The van der Waals surface area contributed by atoms with Gasteiger partial charge < -0.3 is 5.32 Å². The molecule has 0 aliphatic rings. The van der Waals surface area contributed by atoms with Crippen molar-refractivity contribution in [2.24, 2.45) is 0 Å². The molecule has 0 spiro atoms. The predicted octanol–water partition coefficient (Wildman–Crippen LogP) is 2.34. The van der Waals surface area contributed by atoms with Crippen LogP contribution in [0.2, 0.25) is 0 Å². The predicted molar refractivity (Wildman–Crippen MR) is 97.9 cm³/mol. The Labute approximate surface area is 147 Å². The van der Waals surface area contributed by atoms with Gasteiger partial charge in [0.25, 0.3) is 5.56 Å². The Balaban J connectivity index is 1.60. The lowest BCUT2D eigenvalue weighted by Gasteiger charge is -2.09. The lowest BCUT2D eigenvalue weighted by atomic mass is 10.2. The summed E-state index contributed by atoms with van der Waals surface area (Å²) in [5.74, 6) is 0.439. The summed E-state index contributed by atoms with van der Waals surface area (Å²) < 4.78 is 4.11. The van der Waals surface area contributed by atoms with Gasteiger partial charge in [-0.2, -0.15) is 5.10 Å². The molecule has 4 aromatic rings. The molecule has 6 nitrogen and oxygen atoms in total. The molecule has 4 rings (SSSR count). The average Bonchev–Trinajstić information content (AvgIpc) is 3.19. The number of aromatic nitrogens is 3. The Hall–Kier alpha value is -2.93. The number of nitrogens with one attached hydrogen (secondary N) is 1. The number of nitrogens with zero attached hydrogens (tertiary/aromatic N) is 3. The largest absolute Gasteiger partial charge is 0.350 e. The zero-order chi connectivity index (χ0) is 17.4. The van der Waals surface area contributed by atoms with Gasteiger partial charge in [-0.15, -0.1) is 11.3 Å². The van der Waals surface area contributed by atoms with Crippen molar-refractivity contribution in [2.75, 3.05) is 0 Å². The third-order valence-corrected chi connectivity index (χ3v) is 4.94. The summed E-state index contributed by atoms with van der Waals surface area (Å²) in [4.78, 5) is 24.9. The van der Waals surface area contributed by atoms with Crippen LogP contribution in [0.4, 0.5) is 0 Å². The maximum absolute atomic E-state index is 12.7. The van der Waals surface area contributed by atoms with Crippen LogP contribution in [0.25, 0.3) is 15.7 Å². The molecule has 3 heterocycles. The van der Waals surface area contributed by atoms with Crippen LogP contribution in [0.1, 0.15) is 11.4 Å². The van der Waals surface area contributed by atoms with Gasteiger partial charge in [0.1, 0.15) is 17.9 Å². The summed E-state index contributed by atoms with van der Waals surface area (Å²) in [5, 5.41) is 9.11. The molecule has 1 aromatic carbocycles. The van der Waals surface area contributed by atoms with Crippen LogP contribution in [0.3, 0.4) is 0 Å². The van der Waals surface area contributed by atoms with Crippen molar-refractivity contribution in [2.45, 2.75) is 20.0 Å². The number of thiophene rings is 1. The number of hydrogen-bond donors (Lipinski definition) is 1. The zero-order valence-corrected chi connectivity index (χ0v) is 14.4. The highest BCUT2D eigenvalue weighted by atomic mass is 32.1. The molecule has 0 aliphatic carbocycles. The summed E-state index contributed by atoms with van der Waals surface area (Å²) in [5.41, 5.74) is 2.27. The van der Waals surface area contributed by atoms with Crippen molar-refractivity contribution in [3.8, 4) is 0 Å². The molecule has 1 N–H and O–H groups in total. The van der Waals surface area contributed by atoms with Gasteiger partial charge in [-0.1, -0.05) is 30.3 Å². The maximum Gasteiger partial charge on any atom is 0.291 e. The molecule has 7 heteroatoms. The van der Waals surface area contributed by atoms with Gasteiger partial charge in [-0.25, -0.2) is 4.68 Å². The minimum absolute atomic E-state index is 0.0954. The van der Waals surface area contributed by atoms with Crippen LogP contribution >= 0.6 is 11.3 Å². The smallest absolute Gasteiger partial charge is 0.291 e. The number of aryl methyl sites for hydroxylation is 1. The Morgan fingerprint density at radius 1 is 1.20 bits per heavy atom. The molecule has 0 saturated carbocycles. The number of carbonyl (C=O) groups is 1. The number of amides is 1. The number of benzene rings is 1. The molecular formula is C18H16N4O2S. The van der Waals surface area contributed by atoms with Crippen LogP contribution in [0.5, 0.6) is 0 Å². The molecule has 0 atom stereocenters. The van der Waals surface area contributed by atoms with E-state index in [4.69, 9.17) is 0 Å². The lowest BCUT2D eigenvalue weighted by molar-refractivity contribution is -0.122. The van der Waals surface area contributed by atoms with Crippen LogP contribution in [-0.2, 0) is 17.9 Å². The molecule has 126 valence electrons. The first-order valence-corrected chi connectivity index (χ1v) is 8.78. The highest BCUT2D eigenvalue weighted by Gasteiger charge is 2.14. The topological polar surface area (TPSA) is 68.4 Å². The second-order valence-corrected chi connectivity index (χ2v) is 6.76. The third kappa shape index (κ3) is 2.83. The van der Waals surface area contributed by atoms with Crippen molar-refractivity contribution in [3.05, 3.63) is 69.6 Å². The fraction of sp³-hybridized carbons (Fsp3) is 0.167. The second kappa shape index (κ2) is 6.18. The normalized spacial score (nSPS) is 11.2. The fourth-order valence-electron chi connectivity index (χ4n) is 2.92. The summed E-state index contributed by atoms with van der Waals surface area (Å²) in [6, 6.07) is 13.5. The van der Waals surface area contributed by atoms with Gasteiger partial charge in [-0.05, 0) is 30.0 Å². The molecular weight excluding hydrogens is 336 g/mol. The third-order valence-electron chi connectivity index (χ3n) is 4.09. The molecule has 0 aliphatic heterocycles. The lowest BCUT2D eigenvalue weighted by Crippen LogP contribution is -2.34. The minimum Gasteiger partial charge on any atom is -0.350 e. The molecule has 0 unspecified atom stereocenters. The molecule has 0 saturated heterocycles. The van der Waals surface area contributed by atoms with Crippen LogP contribution in [0, 0.1) is 6.92 Å². The molecule has 1 amide bonds. The van der Waals surface area contributed by atoms with Crippen molar-refractivity contribution < 1.29 is 4.79 Å². The Morgan fingerprint density at radius 2 is 2.00 bits per heavy atom. The van der Waals surface area contributed by atoms with Gasteiger partial charge in [0.05, 0.1) is 10.2 Å². The van der Waals surface area contributed by atoms with Crippen LogP contribution in [-0.4, -0.2) is 20.1 Å². The molecule has 0 fully saturated rings. The van der Waals surface area contributed by atoms with E-state index in [0.29, 0.717) is 17.9 Å². The quantitative estimate of drug-likeness (QED) is 0.613. The summed E-state index contributed by atoms with van der Waals surface area (Å²) in [7, 11) is 0. The minimum atomic E-state index is -0.260. The SMILES string of the molecule is Cc1nn(CC(=O)NCc2ccccc2)c(=O)c2cc3sccc3n12. The maximum atomic E-state index is 12.7. The van der Waals surface area contributed by atoms with E-state index in [-0.39, 0.29) is 18.0 Å². The Bertz CT molecular complexity index is 1120. The van der Waals surface area contributed by atoms with Crippen molar-refractivity contribution in [1.82, 2.24) is 19.5 Å². The second-order valence-electron chi connectivity index (χ2n) is 5.81. The van der Waals surface area contributed by atoms with E-state index in [1.165, 1.54) is 4.68 Å². The zero-order valence-electron chi connectivity index (χ0n) is 13.6. The van der Waals surface area contributed by atoms with E-state index in [0.717, 1.165) is 15.8 Å².